The fourth-order valence-electron chi connectivity index (χ4n) is 3.89. The molecule has 1 unspecified atom stereocenters. The predicted octanol–water partition coefficient (Wildman–Crippen LogP) is 3.21. The lowest BCUT2D eigenvalue weighted by molar-refractivity contribution is 0.0957. The van der Waals surface area contributed by atoms with Crippen molar-refractivity contribution in [3.05, 3.63) is 55.6 Å². The van der Waals surface area contributed by atoms with Gasteiger partial charge in [0.2, 0.25) is 0 Å². The van der Waals surface area contributed by atoms with Gasteiger partial charge in [-0.15, -0.1) is 21.5 Å². The third kappa shape index (κ3) is 5.54. The first kappa shape index (κ1) is 22.8. The van der Waals surface area contributed by atoms with Crippen LogP contribution in [0.5, 0.6) is 0 Å². The Balaban J connectivity index is 1.23. The highest BCUT2D eigenvalue weighted by Crippen LogP contribution is 2.32. The molecule has 4 rings (SSSR count). The smallest absolute Gasteiger partial charge is 0.261 e. The van der Waals surface area contributed by atoms with Crippen molar-refractivity contribution in [2.75, 3.05) is 6.54 Å². The third-order valence-corrected chi connectivity index (χ3v) is 6.95. The number of tetrazole rings is 1. The van der Waals surface area contributed by atoms with E-state index in [0.717, 1.165) is 54.8 Å². The van der Waals surface area contributed by atoms with Gasteiger partial charge in [-0.05, 0) is 37.5 Å². The standard InChI is InChI=1S/C22H28N8O2S/c1-13(15-12-24-20-19(15)22(32)26-14(2)25-20)16-9-10-17(33-16)21(31)23-11-7-5-3-4-6-8-18-27-29-30-28-18/h9-10,12-13H,3-8,11H2,1-2H3,(H,23,31)(H2,24,25,26,32)(H,27,28,29,30). The first-order chi connectivity index (χ1) is 16.0. The fourth-order valence-corrected chi connectivity index (χ4v) is 4.89. The molecule has 0 spiro atoms. The summed E-state index contributed by atoms with van der Waals surface area (Å²) in [6, 6.07) is 3.81. The number of aryl methyl sites for hydroxylation is 2. The Bertz CT molecular complexity index is 1260. The number of aromatic amines is 3. The molecule has 0 aromatic carbocycles. The number of nitrogens with one attached hydrogen (secondary N) is 4. The SMILES string of the molecule is Cc1nc2[nH]cc(C(C)c3ccc(C(=O)NCCCCCCCc4nn[nH]n4)s3)c2c(=O)[nH]1. The highest BCUT2D eigenvalue weighted by Gasteiger charge is 2.19. The summed E-state index contributed by atoms with van der Waals surface area (Å²) < 4.78 is 0. The molecule has 174 valence electrons. The molecule has 4 aromatic heterocycles. The van der Waals surface area contributed by atoms with E-state index in [2.05, 4.69) is 40.9 Å². The maximum Gasteiger partial charge on any atom is 0.261 e. The highest BCUT2D eigenvalue weighted by atomic mass is 32.1. The molecule has 1 amide bonds. The molecule has 0 fully saturated rings. The predicted molar refractivity (Wildman–Crippen MR) is 127 cm³/mol. The zero-order valence-electron chi connectivity index (χ0n) is 18.8. The molecule has 0 aliphatic heterocycles. The summed E-state index contributed by atoms with van der Waals surface area (Å²) >= 11 is 1.46. The van der Waals surface area contributed by atoms with Gasteiger partial charge >= 0.3 is 0 Å². The van der Waals surface area contributed by atoms with Gasteiger partial charge in [-0.3, -0.25) is 9.59 Å². The van der Waals surface area contributed by atoms with Crippen LogP contribution in [0.2, 0.25) is 0 Å². The number of unbranched alkanes of at least 4 members (excludes halogenated alkanes) is 4. The van der Waals surface area contributed by atoms with Crippen LogP contribution in [0, 0.1) is 6.92 Å². The minimum Gasteiger partial charge on any atom is -0.351 e. The molecular weight excluding hydrogens is 440 g/mol. The second-order valence-corrected chi connectivity index (χ2v) is 9.26. The van der Waals surface area contributed by atoms with Crippen molar-refractivity contribution in [3.8, 4) is 0 Å². The van der Waals surface area contributed by atoms with E-state index in [1.807, 2.05) is 25.3 Å². The van der Waals surface area contributed by atoms with Crippen molar-refractivity contribution in [1.82, 2.24) is 40.9 Å². The van der Waals surface area contributed by atoms with E-state index in [9.17, 15) is 9.59 Å². The Kier molecular flexibility index (Phi) is 7.28. The van der Waals surface area contributed by atoms with Gasteiger partial charge in [0, 0.05) is 30.0 Å². The molecular formula is C22H28N8O2S. The second-order valence-electron chi connectivity index (χ2n) is 8.14. The summed E-state index contributed by atoms with van der Waals surface area (Å²) in [6.07, 6.45) is 7.97. The van der Waals surface area contributed by atoms with Crippen LogP contribution in [-0.4, -0.2) is 48.0 Å². The number of rotatable bonds is 11. The normalized spacial score (nSPS) is 12.3. The number of H-pyrrole nitrogens is 3. The first-order valence-electron chi connectivity index (χ1n) is 11.2. The van der Waals surface area contributed by atoms with Crippen molar-refractivity contribution in [2.24, 2.45) is 0 Å². The van der Waals surface area contributed by atoms with E-state index in [4.69, 9.17) is 0 Å². The zero-order chi connectivity index (χ0) is 23.2. The number of carbonyl (C=O) groups is 1. The Morgan fingerprint density at radius 1 is 1.18 bits per heavy atom. The van der Waals surface area contributed by atoms with E-state index in [0.29, 0.717) is 28.3 Å². The molecule has 0 aliphatic rings. The van der Waals surface area contributed by atoms with Crippen molar-refractivity contribution >= 4 is 28.3 Å². The average Bonchev–Trinajstić information content (AvgIpc) is 3.55. The molecule has 11 heteroatoms. The van der Waals surface area contributed by atoms with Gasteiger partial charge in [0.25, 0.3) is 11.5 Å². The maximum absolute atomic E-state index is 12.5. The summed E-state index contributed by atoms with van der Waals surface area (Å²) in [4.78, 5) is 36.9. The van der Waals surface area contributed by atoms with Crippen molar-refractivity contribution < 1.29 is 4.79 Å². The molecule has 0 saturated heterocycles. The van der Waals surface area contributed by atoms with Gasteiger partial charge in [-0.25, -0.2) is 4.98 Å². The van der Waals surface area contributed by atoms with E-state index < -0.39 is 0 Å². The Hall–Kier alpha value is -3.34. The maximum atomic E-state index is 12.5. The number of amides is 1. The Morgan fingerprint density at radius 2 is 2.00 bits per heavy atom. The van der Waals surface area contributed by atoms with E-state index in [-0.39, 0.29) is 17.4 Å². The van der Waals surface area contributed by atoms with Crippen LogP contribution in [0.3, 0.4) is 0 Å². The summed E-state index contributed by atoms with van der Waals surface area (Å²) in [6.45, 7) is 4.46. The molecule has 4 N–H and O–H groups in total. The number of hydrogen-bond donors (Lipinski definition) is 4. The molecule has 10 nitrogen and oxygen atoms in total. The molecule has 33 heavy (non-hydrogen) atoms. The lowest BCUT2D eigenvalue weighted by Crippen LogP contribution is -2.23. The third-order valence-electron chi connectivity index (χ3n) is 5.69. The van der Waals surface area contributed by atoms with Gasteiger partial charge in [0.15, 0.2) is 5.82 Å². The van der Waals surface area contributed by atoms with Gasteiger partial charge in [-0.2, -0.15) is 5.21 Å². The summed E-state index contributed by atoms with van der Waals surface area (Å²) in [5, 5.41) is 17.5. The summed E-state index contributed by atoms with van der Waals surface area (Å²) in [5.74, 6) is 1.26. The summed E-state index contributed by atoms with van der Waals surface area (Å²) in [7, 11) is 0. The first-order valence-corrected chi connectivity index (χ1v) is 12.0. The number of thiophene rings is 1. The largest absolute Gasteiger partial charge is 0.351 e. The molecule has 0 aliphatic carbocycles. The van der Waals surface area contributed by atoms with Crippen LogP contribution in [0.25, 0.3) is 11.0 Å². The van der Waals surface area contributed by atoms with E-state index >= 15 is 0 Å². The lowest BCUT2D eigenvalue weighted by Gasteiger charge is -2.08. The van der Waals surface area contributed by atoms with Crippen molar-refractivity contribution in [1.29, 1.82) is 0 Å². The number of nitrogens with zero attached hydrogens (tertiary/aromatic N) is 4. The summed E-state index contributed by atoms with van der Waals surface area (Å²) in [5.41, 5.74) is 1.32. The second kappa shape index (κ2) is 10.5. The minimum atomic E-state index is -0.148. The Morgan fingerprint density at radius 3 is 2.82 bits per heavy atom. The number of hydrogen-bond acceptors (Lipinski definition) is 7. The molecule has 0 bridgehead atoms. The molecule has 4 aromatic rings. The van der Waals surface area contributed by atoms with E-state index in [1.54, 1.807) is 6.92 Å². The highest BCUT2D eigenvalue weighted by molar-refractivity contribution is 7.14. The quantitative estimate of drug-likeness (QED) is 0.249. The number of fused-ring (bicyclic) bond motifs is 1. The van der Waals surface area contributed by atoms with Gasteiger partial charge in [0.05, 0.1) is 10.3 Å². The van der Waals surface area contributed by atoms with Crippen molar-refractivity contribution in [2.45, 2.75) is 58.3 Å². The topological polar surface area (TPSA) is 145 Å². The number of carbonyl (C=O) groups excluding carboxylic acids is 1. The minimum absolute atomic E-state index is 0.0247. The van der Waals surface area contributed by atoms with Crippen LogP contribution >= 0.6 is 11.3 Å². The van der Waals surface area contributed by atoms with Crippen LogP contribution in [0.4, 0.5) is 0 Å². The lowest BCUT2D eigenvalue weighted by atomic mass is 10.0. The average molecular weight is 469 g/mol. The van der Waals surface area contributed by atoms with Crippen molar-refractivity contribution in [3.63, 3.8) is 0 Å². The number of aromatic nitrogens is 7. The fraction of sp³-hybridized carbons (Fsp3) is 0.455. The Labute approximate surface area is 194 Å². The monoisotopic (exact) mass is 468 g/mol. The molecule has 4 heterocycles. The van der Waals surface area contributed by atoms with Gasteiger partial charge < -0.3 is 15.3 Å². The van der Waals surface area contributed by atoms with Crippen LogP contribution < -0.4 is 10.9 Å². The van der Waals surface area contributed by atoms with Crippen LogP contribution in [0.15, 0.2) is 23.1 Å². The molecule has 0 saturated carbocycles. The van der Waals surface area contributed by atoms with E-state index in [1.165, 1.54) is 11.3 Å². The van der Waals surface area contributed by atoms with Gasteiger partial charge in [0.1, 0.15) is 11.5 Å². The van der Waals surface area contributed by atoms with Crippen LogP contribution in [-0.2, 0) is 6.42 Å². The van der Waals surface area contributed by atoms with Gasteiger partial charge in [-0.1, -0.05) is 31.4 Å². The zero-order valence-corrected chi connectivity index (χ0v) is 19.6. The molecule has 1 atom stereocenters. The van der Waals surface area contributed by atoms with Crippen LogP contribution in [0.1, 0.15) is 76.7 Å². The molecule has 0 radical (unpaired) electrons.